The quantitative estimate of drug-likeness (QED) is 0.0844. The summed E-state index contributed by atoms with van der Waals surface area (Å²) in [5, 5.41) is -0.657. The molecule has 0 radical (unpaired) electrons. The number of nitrogens with zero attached hydrogens (tertiary/aromatic N) is 2. The lowest BCUT2D eigenvalue weighted by molar-refractivity contribution is 0.392. The summed E-state index contributed by atoms with van der Waals surface area (Å²) in [6.45, 7) is 2.85. The average molecular weight is 837 g/mol. The number of benzene rings is 6. The molecule has 0 aliphatic rings. The Kier molecular flexibility index (Phi) is 16.1. The van der Waals surface area contributed by atoms with Gasteiger partial charge in [0, 0.05) is 26.2 Å². The monoisotopic (exact) mass is 836 g/mol. The lowest BCUT2D eigenvalue weighted by Gasteiger charge is -2.26. The first-order valence-corrected chi connectivity index (χ1v) is 22.1. The first-order valence-electron chi connectivity index (χ1n) is 19.0. The molecule has 0 saturated heterocycles. The highest BCUT2D eigenvalue weighted by molar-refractivity contribution is 7.89. The zero-order valence-corrected chi connectivity index (χ0v) is 35.7. The first-order chi connectivity index (χ1) is 28.4. The van der Waals surface area contributed by atoms with Crippen molar-refractivity contribution in [3.8, 4) is 23.0 Å². The predicted octanol–water partition coefficient (Wildman–Crippen LogP) is 9.03. The maximum atomic E-state index is 13.6. The fourth-order valence-corrected chi connectivity index (χ4v) is 9.32. The molecule has 0 aromatic heterocycles. The van der Waals surface area contributed by atoms with Gasteiger partial charge in [0.25, 0.3) is 0 Å². The van der Waals surface area contributed by atoms with E-state index < -0.39 is 25.3 Å². The largest absolute Gasteiger partial charge is 0.497 e. The van der Waals surface area contributed by atoms with E-state index in [0.29, 0.717) is 0 Å². The molecule has 1 unspecified atom stereocenters. The van der Waals surface area contributed by atoms with Crippen LogP contribution in [0.4, 0.5) is 0 Å². The van der Waals surface area contributed by atoms with E-state index in [2.05, 4.69) is 0 Å². The summed E-state index contributed by atoms with van der Waals surface area (Å²) < 4.78 is 77.5. The van der Waals surface area contributed by atoms with Crippen molar-refractivity contribution in [2.75, 3.05) is 28.4 Å². The molecule has 0 N–H and O–H groups in total. The van der Waals surface area contributed by atoms with Crippen LogP contribution in [0.1, 0.15) is 45.6 Å². The number of methoxy groups -OCH3 is 4. The SMILES string of the molecule is COc1ccc(CN(Cc2ccc(OC)cc2)S(=O)(=O)C(C)c2ccccc2)cc1.COc1ccc(CN(Cc2ccc(OC)cc2)S(=O)(=O)Cc2ccccc2)cc1. The van der Waals surface area contributed by atoms with Crippen LogP contribution in [0.2, 0.25) is 0 Å². The molecule has 0 amide bonds. The van der Waals surface area contributed by atoms with Gasteiger partial charge in [0.05, 0.1) is 39.4 Å². The molecule has 0 bridgehead atoms. The zero-order valence-electron chi connectivity index (χ0n) is 34.1. The lowest BCUT2D eigenvalue weighted by atomic mass is 10.2. The summed E-state index contributed by atoms with van der Waals surface area (Å²) in [6, 6.07) is 48.4. The standard InChI is InChI=1S/C24H27NO4S.C23H25NO4S/c1-19(22-7-5-4-6-8-22)30(26,27)25(17-20-9-13-23(28-2)14-10-20)18-21-11-15-24(29-3)16-12-21;1-27-22-12-8-19(9-13-22)16-24(17-20-10-14-23(28-2)15-11-20)29(25,26)18-21-6-4-3-5-7-21/h4-16,19H,17-18H2,1-3H3;3-15H,16-18H2,1-2H3. The summed E-state index contributed by atoms with van der Waals surface area (Å²) in [7, 11) is -0.714. The lowest BCUT2D eigenvalue weighted by Crippen LogP contribution is -2.33. The molecule has 310 valence electrons. The normalized spacial score (nSPS) is 12.0. The van der Waals surface area contributed by atoms with Crippen molar-refractivity contribution < 1.29 is 35.8 Å². The molecular formula is C47H52N2O8S2. The molecule has 10 nitrogen and oxygen atoms in total. The molecule has 0 spiro atoms. The summed E-state index contributed by atoms with van der Waals surface area (Å²) in [4.78, 5) is 0. The van der Waals surface area contributed by atoms with Crippen molar-refractivity contribution in [3.63, 3.8) is 0 Å². The number of hydrogen-bond donors (Lipinski definition) is 0. The van der Waals surface area contributed by atoms with Gasteiger partial charge < -0.3 is 18.9 Å². The molecule has 6 aromatic rings. The van der Waals surface area contributed by atoms with Gasteiger partial charge >= 0.3 is 0 Å². The molecule has 12 heteroatoms. The topological polar surface area (TPSA) is 112 Å². The minimum Gasteiger partial charge on any atom is -0.497 e. The maximum absolute atomic E-state index is 13.6. The Morgan fingerprint density at radius 3 is 1.03 bits per heavy atom. The Labute approximate surface area is 349 Å². The molecule has 0 heterocycles. The van der Waals surface area contributed by atoms with Crippen LogP contribution < -0.4 is 18.9 Å². The van der Waals surface area contributed by atoms with Crippen molar-refractivity contribution >= 4 is 20.0 Å². The van der Waals surface area contributed by atoms with E-state index in [-0.39, 0.29) is 31.9 Å². The third kappa shape index (κ3) is 12.9. The van der Waals surface area contributed by atoms with Crippen molar-refractivity contribution in [1.29, 1.82) is 0 Å². The van der Waals surface area contributed by atoms with Gasteiger partial charge in [0.15, 0.2) is 0 Å². The highest BCUT2D eigenvalue weighted by Crippen LogP contribution is 2.29. The van der Waals surface area contributed by atoms with E-state index in [0.717, 1.165) is 56.4 Å². The van der Waals surface area contributed by atoms with Crippen LogP contribution in [-0.2, 0) is 52.0 Å². The maximum Gasteiger partial charge on any atom is 0.221 e. The zero-order chi connectivity index (χ0) is 42.3. The second-order valence-corrected chi connectivity index (χ2v) is 18.0. The van der Waals surface area contributed by atoms with Crippen LogP contribution in [0.5, 0.6) is 23.0 Å². The van der Waals surface area contributed by atoms with Crippen LogP contribution in [-0.4, -0.2) is 53.9 Å². The van der Waals surface area contributed by atoms with Gasteiger partial charge in [-0.2, -0.15) is 8.61 Å². The van der Waals surface area contributed by atoms with Gasteiger partial charge in [-0.1, -0.05) is 109 Å². The summed E-state index contributed by atoms with van der Waals surface area (Å²) in [6.07, 6.45) is 0. The van der Waals surface area contributed by atoms with Crippen molar-refractivity contribution in [1.82, 2.24) is 8.61 Å². The van der Waals surface area contributed by atoms with Gasteiger partial charge in [-0.15, -0.1) is 0 Å². The van der Waals surface area contributed by atoms with Crippen molar-refractivity contribution in [3.05, 3.63) is 191 Å². The van der Waals surface area contributed by atoms with Gasteiger partial charge in [-0.25, -0.2) is 16.8 Å². The minimum atomic E-state index is -3.61. The third-order valence-electron chi connectivity index (χ3n) is 9.73. The Bertz CT molecular complexity index is 2280. The van der Waals surface area contributed by atoms with Gasteiger partial charge in [0.2, 0.25) is 20.0 Å². The van der Waals surface area contributed by atoms with Gasteiger partial charge in [-0.3, -0.25) is 0 Å². The highest BCUT2D eigenvalue weighted by atomic mass is 32.2. The van der Waals surface area contributed by atoms with Gasteiger partial charge in [-0.05, 0) is 88.8 Å². The predicted molar refractivity (Wildman–Crippen MR) is 233 cm³/mol. The third-order valence-corrected chi connectivity index (χ3v) is 13.6. The highest BCUT2D eigenvalue weighted by Gasteiger charge is 2.30. The summed E-state index contributed by atoms with van der Waals surface area (Å²) in [5.41, 5.74) is 5.13. The van der Waals surface area contributed by atoms with Crippen molar-refractivity contribution in [2.24, 2.45) is 0 Å². The number of hydrogen-bond acceptors (Lipinski definition) is 8. The molecule has 1 atom stereocenters. The van der Waals surface area contributed by atoms with Crippen LogP contribution in [0.25, 0.3) is 0 Å². The van der Waals surface area contributed by atoms with Gasteiger partial charge in [0.1, 0.15) is 23.0 Å². The Balaban J connectivity index is 0.000000224. The molecule has 0 aliphatic carbocycles. The Morgan fingerprint density at radius 2 is 0.712 bits per heavy atom. The molecular weight excluding hydrogens is 785 g/mol. The van der Waals surface area contributed by atoms with E-state index in [1.165, 1.54) is 8.61 Å². The fraction of sp³-hybridized carbons (Fsp3) is 0.234. The van der Waals surface area contributed by atoms with E-state index in [1.807, 2.05) is 158 Å². The number of sulfonamides is 2. The first kappa shape index (κ1) is 44.4. The molecule has 0 saturated carbocycles. The smallest absolute Gasteiger partial charge is 0.221 e. The van der Waals surface area contributed by atoms with E-state index in [1.54, 1.807) is 35.4 Å². The molecule has 0 aliphatic heterocycles. The van der Waals surface area contributed by atoms with E-state index in [9.17, 15) is 16.8 Å². The second kappa shape index (κ2) is 21.4. The van der Waals surface area contributed by atoms with Crippen molar-refractivity contribution in [2.45, 2.75) is 44.1 Å². The summed E-state index contributed by atoms with van der Waals surface area (Å²) in [5.74, 6) is 2.91. The minimum absolute atomic E-state index is 0.0415. The molecule has 6 rings (SSSR count). The van der Waals surface area contributed by atoms with Crippen LogP contribution in [0, 0.1) is 0 Å². The Hall–Kier alpha value is -5.66. The second-order valence-electron chi connectivity index (χ2n) is 13.8. The average Bonchev–Trinajstić information content (AvgIpc) is 3.27. The van der Waals surface area contributed by atoms with Crippen LogP contribution in [0.3, 0.4) is 0 Å². The van der Waals surface area contributed by atoms with Crippen LogP contribution in [0.15, 0.2) is 158 Å². The fourth-order valence-electron chi connectivity index (χ4n) is 6.22. The number of ether oxygens (including phenoxy) is 4. The molecule has 59 heavy (non-hydrogen) atoms. The van der Waals surface area contributed by atoms with Crippen LogP contribution >= 0.6 is 0 Å². The summed E-state index contributed by atoms with van der Waals surface area (Å²) >= 11 is 0. The molecule has 6 aromatic carbocycles. The molecule has 0 fully saturated rings. The number of rotatable bonds is 18. The van der Waals surface area contributed by atoms with E-state index >= 15 is 0 Å². The Morgan fingerprint density at radius 1 is 0.407 bits per heavy atom. The van der Waals surface area contributed by atoms with E-state index in [4.69, 9.17) is 18.9 Å².